The molecule has 3 nitrogen and oxygen atoms in total. The Labute approximate surface area is 77.3 Å². The molecule has 12 heavy (non-hydrogen) atoms. The average molecular weight is 183 g/mol. The van der Waals surface area contributed by atoms with Gasteiger partial charge in [0.25, 0.3) is 0 Å². The monoisotopic (exact) mass is 183 g/mol. The second-order valence-electron chi connectivity index (χ2n) is 2.84. The Kier molecular flexibility index (Phi) is 2.10. The molecule has 0 atom stereocenters. The fourth-order valence-electron chi connectivity index (χ4n) is 1.06. The highest BCUT2D eigenvalue weighted by Gasteiger charge is 2.10. The van der Waals surface area contributed by atoms with Crippen molar-refractivity contribution in [1.82, 2.24) is 0 Å². The Hall–Kier alpha value is -1.03. The molecule has 0 saturated heterocycles. The molecule has 66 valence electrons. The van der Waals surface area contributed by atoms with E-state index in [9.17, 15) is 0 Å². The van der Waals surface area contributed by atoms with Gasteiger partial charge in [-0.05, 0) is 25.0 Å². The van der Waals surface area contributed by atoms with Crippen LogP contribution < -0.4 is 17.2 Å². The lowest BCUT2D eigenvalue weighted by molar-refractivity contribution is 1.25. The smallest absolute Gasteiger partial charge is 0.0795 e. The fourth-order valence-corrected chi connectivity index (χ4v) is 1.34. The zero-order valence-electron chi connectivity index (χ0n) is 7.18. The lowest BCUT2D eigenvalue weighted by Crippen LogP contribution is -2.05. The van der Waals surface area contributed by atoms with E-state index in [-0.39, 0.29) is 0 Å². The molecule has 0 aromatic heterocycles. The lowest BCUT2D eigenvalue weighted by atomic mass is 10.1. The van der Waals surface area contributed by atoms with Crippen LogP contribution in [0.1, 0.15) is 11.1 Å². The molecule has 6 N–H and O–H groups in total. The van der Waals surface area contributed by atoms with Crippen LogP contribution in [0.5, 0.6) is 0 Å². The summed E-state index contributed by atoms with van der Waals surface area (Å²) in [6.07, 6.45) is 0. The minimum Gasteiger partial charge on any atom is -0.397 e. The largest absolute Gasteiger partial charge is 0.397 e. The van der Waals surface area contributed by atoms with Crippen LogP contribution >= 0.6 is 12.6 Å². The second-order valence-corrected chi connectivity index (χ2v) is 3.29. The Morgan fingerprint density at radius 2 is 1.33 bits per heavy atom. The van der Waals surface area contributed by atoms with Crippen LogP contribution in [0, 0.1) is 13.8 Å². The maximum absolute atomic E-state index is 5.71. The molecule has 0 aliphatic rings. The van der Waals surface area contributed by atoms with Gasteiger partial charge in [-0.1, -0.05) is 0 Å². The summed E-state index contributed by atoms with van der Waals surface area (Å²) >= 11 is 4.24. The summed E-state index contributed by atoms with van der Waals surface area (Å²) in [6, 6.07) is 0. The Balaban J connectivity index is 3.60. The number of thiol groups is 1. The summed E-state index contributed by atoms with van der Waals surface area (Å²) in [6.45, 7) is 3.82. The number of anilines is 3. The van der Waals surface area contributed by atoms with Gasteiger partial charge in [0.1, 0.15) is 0 Å². The highest BCUT2D eigenvalue weighted by molar-refractivity contribution is 7.80. The van der Waals surface area contributed by atoms with Crippen LogP contribution in [-0.4, -0.2) is 0 Å². The van der Waals surface area contributed by atoms with E-state index >= 15 is 0 Å². The molecule has 0 heterocycles. The van der Waals surface area contributed by atoms with E-state index in [1.165, 1.54) is 0 Å². The summed E-state index contributed by atoms with van der Waals surface area (Å²) in [5, 5.41) is 0. The van der Waals surface area contributed by atoms with E-state index in [4.69, 9.17) is 17.2 Å². The van der Waals surface area contributed by atoms with E-state index in [0.29, 0.717) is 17.1 Å². The van der Waals surface area contributed by atoms with Crippen molar-refractivity contribution in [3.05, 3.63) is 11.1 Å². The summed E-state index contributed by atoms with van der Waals surface area (Å²) in [5.74, 6) is 0. The number of hydrogen-bond donors (Lipinski definition) is 4. The zero-order valence-corrected chi connectivity index (χ0v) is 8.07. The molecule has 0 aliphatic carbocycles. The van der Waals surface area contributed by atoms with Crippen LogP contribution in [0.4, 0.5) is 17.1 Å². The number of hydrogen-bond acceptors (Lipinski definition) is 4. The highest BCUT2D eigenvalue weighted by atomic mass is 32.1. The Morgan fingerprint density at radius 1 is 0.833 bits per heavy atom. The van der Waals surface area contributed by atoms with Crippen LogP contribution in [0.15, 0.2) is 4.90 Å². The first kappa shape index (κ1) is 9.06. The second kappa shape index (κ2) is 2.79. The maximum Gasteiger partial charge on any atom is 0.0795 e. The molecular formula is C8H13N3S. The first-order valence-electron chi connectivity index (χ1n) is 3.59. The van der Waals surface area contributed by atoms with Gasteiger partial charge in [-0.3, -0.25) is 0 Å². The zero-order chi connectivity index (χ0) is 9.46. The molecule has 0 unspecified atom stereocenters. The maximum atomic E-state index is 5.71. The van der Waals surface area contributed by atoms with Gasteiger partial charge in [0.05, 0.1) is 17.1 Å². The molecule has 1 aromatic rings. The number of nitrogens with two attached hydrogens (primary N) is 3. The third-order valence-corrected chi connectivity index (χ3v) is 2.73. The van der Waals surface area contributed by atoms with E-state index in [1.54, 1.807) is 0 Å². The van der Waals surface area contributed by atoms with E-state index in [0.717, 1.165) is 16.0 Å². The molecule has 0 amide bonds. The predicted octanol–water partition coefficient (Wildman–Crippen LogP) is 1.34. The van der Waals surface area contributed by atoms with Crippen molar-refractivity contribution >= 4 is 29.7 Å². The van der Waals surface area contributed by atoms with Gasteiger partial charge in [0, 0.05) is 4.90 Å². The van der Waals surface area contributed by atoms with Gasteiger partial charge < -0.3 is 17.2 Å². The van der Waals surface area contributed by atoms with Gasteiger partial charge in [0.15, 0.2) is 0 Å². The van der Waals surface area contributed by atoms with Crippen molar-refractivity contribution < 1.29 is 0 Å². The highest BCUT2D eigenvalue weighted by Crippen LogP contribution is 2.35. The molecule has 0 spiro atoms. The van der Waals surface area contributed by atoms with Gasteiger partial charge in [-0.15, -0.1) is 12.6 Å². The van der Waals surface area contributed by atoms with Gasteiger partial charge in [-0.2, -0.15) is 0 Å². The average Bonchev–Trinajstić information content (AvgIpc) is 2.08. The van der Waals surface area contributed by atoms with E-state index in [2.05, 4.69) is 12.6 Å². The Bertz CT molecular complexity index is 229. The van der Waals surface area contributed by atoms with Gasteiger partial charge in [0.2, 0.25) is 0 Å². The van der Waals surface area contributed by atoms with Crippen molar-refractivity contribution in [2.75, 3.05) is 17.2 Å². The van der Waals surface area contributed by atoms with Crippen LogP contribution in [-0.2, 0) is 0 Å². The molecular weight excluding hydrogens is 170 g/mol. The summed E-state index contributed by atoms with van der Waals surface area (Å²) < 4.78 is 0. The minimum atomic E-state index is 0.433. The van der Waals surface area contributed by atoms with Gasteiger partial charge in [-0.25, -0.2) is 0 Å². The standard InChI is InChI=1S/C8H13N3S/c1-3-4(2)8(12)7(11)6(10)5(3)9/h12H,9-11H2,1-2H3. The predicted molar refractivity (Wildman–Crippen MR) is 56.4 cm³/mol. The van der Waals surface area contributed by atoms with Crippen molar-refractivity contribution in [2.45, 2.75) is 18.7 Å². The van der Waals surface area contributed by atoms with E-state index in [1.807, 2.05) is 13.8 Å². The molecule has 1 aromatic carbocycles. The van der Waals surface area contributed by atoms with E-state index < -0.39 is 0 Å². The normalized spacial score (nSPS) is 10.2. The first-order chi connectivity index (χ1) is 5.46. The van der Waals surface area contributed by atoms with Crippen molar-refractivity contribution in [3.8, 4) is 0 Å². The third kappa shape index (κ3) is 1.08. The Morgan fingerprint density at radius 3 is 1.83 bits per heavy atom. The molecule has 0 aliphatic heterocycles. The molecule has 0 bridgehead atoms. The fraction of sp³-hybridized carbons (Fsp3) is 0.250. The number of rotatable bonds is 0. The third-order valence-electron chi connectivity index (χ3n) is 2.16. The quantitative estimate of drug-likeness (QED) is 0.362. The molecule has 4 heteroatoms. The number of nitrogen functional groups attached to an aromatic ring is 3. The molecule has 0 fully saturated rings. The SMILES string of the molecule is Cc1c(C)c(S)c(N)c(N)c1N. The van der Waals surface area contributed by atoms with Crippen molar-refractivity contribution in [1.29, 1.82) is 0 Å². The van der Waals surface area contributed by atoms with Crippen LogP contribution in [0.2, 0.25) is 0 Å². The van der Waals surface area contributed by atoms with Crippen molar-refractivity contribution in [3.63, 3.8) is 0 Å². The molecule has 0 saturated carbocycles. The lowest BCUT2D eigenvalue weighted by Gasteiger charge is -2.13. The first-order valence-corrected chi connectivity index (χ1v) is 4.04. The summed E-state index contributed by atoms with van der Waals surface area (Å²) in [7, 11) is 0. The summed E-state index contributed by atoms with van der Waals surface area (Å²) in [4.78, 5) is 0.721. The minimum absolute atomic E-state index is 0.433. The summed E-state index contributed by atoms with van der Waals surface area (Å²) in [5.41, 5.74) is 20.4. The van der Waals surface area contributed by atoms with Crippen LogP contribution in [0.3, 0.4) is 0 Å². The van der Waals surface area contributed by atoms with Crippen molar-refractivity contribution in [2.24, 2.45) is 0 Å². The molecule has 0 radical (unpaired) electrons. The topological polar surface area (TPSA) is 78.1 Å². The number of benzene rings is 1. The van der Waals surface area contributed by atoms with Gasteiger partial charge >= 0.3 is 0 Å². The molecule has 1 rings (SSSR count). The van der Waals surface area contributed by atoms with Crippen LogP contribution in [0.25, 0.3) is 0 Å².